The zero-order valence-electron chi connectivity index (χ0n) is 12.2. The highest BCUT2D eigenvalue weighted by Gasteiger charge is 2.20. The van der Waals surface area contributed by atoms with Crippen LogP contribution in [0.5, 0.6) is 0 Å². The van der Waals surface area contributed by atoms with Gasteiger partial charge in [-0.3, -0.25) is 0 Å². The van der Waals surface area contributed by atoms with Gasteiger partial charge in [-0.05, 0) is 59.0 Å². The third-order valence-electron chi connectivity index (χ3n) is 3.02. The number of benzene rings is 1. The smallest absolute Gasteiger partial charge is 0.141 e. The second kappa shape index (κ2) is 5.56. The normalized spacial score (nSPS) is 11.9. The van der Waals surface area contributed by atoms with Gasteiger partial charge in [-0.1, -0.05) is 38.4 Å². The fourth-order valence-electron chi connectivity index (χ4n) is 1.98. The summed E-state index contributed by atoms with van der Waals surface area (Å²) in [5, 5.41) is 5.39. The second-order valence-corrected chi connectivity index (χ2v) is 7.71. The summed E-state index contributed by atoms with van der Waals surface area (Å²) in [4.78, 5) is 0. The van der Waals surface area contributed by atoms with Crippen LogP contribution in [-0.2, 0) is 6.42 Å². The number of nitrogens with zero attached hydrogens (tertiary/aromatic N) is 2. The summed E-state index contributed by atoms with van der Waals surface area (Å²) in [7, 11) is 0. The molecule has 5 heteroatoms. The predicted molar refractivity (Wildman–Crippen MR) is 93.6 cm³/mol. The lowest BCUT2D eigenvalue weighted by atomic mass is 9.91. The van der Waals surface area contributed by atoms with E-state index in [-0.39, 0.29) is 5.41 Å². The van der Waals surface area contributed by atoms with Crippen molar-refractivity contribution < 1.29 is 0 Å². The maximum atomic E-state index is 6.19. The van der Waals surface area contributed by atoms with Gasteiger partial charge in [-0.15, -0.1) is 0 Å². The standard InChI is InChI=1S/C15H19ClIN3/c1-9-5-6-10(7-11(9)16)20-14(18)13(17)12(19-20)8-15(2,3)4/h5-7H,8,18H2,1-4H3. The Labute approximate surface area is 138 Å². The van der Waals surface area contributed by atoms with Crippen molar-refractivity contribution in [3.8, 4) is 5.69 Å². The van der Waals surface area contributed by atoms with Crippen LogP contribution < -0.4 is 5.73 Å². The largest absolute Gasteiger partial charge is 0.383 e. The molecule has 0 bridgehead atoms. The van der Waals surface area contributed by atoms with Crippen LogP contribution in [0.15, 0.2) is 18.2 Å². The topological polar surface area (TPSA) is 43.8 Å². The maximum absolute atomic E-state index is 6.19. The quantitative estimate of drug-likeness (QED) is 0.744. The first kappa shape index (κ1) is 15.6. The fourth-order valence-corrected chi connectivity index (χ4v) is 2.69. The van der Waals surface area contributed by atoms with Gasteiger partial charge in [0.1, 0.15) is 5.82 Å². The number of halogens is 2. The molecule has 108 valence electrons. The van der Waals surface area contributed by atoms with Crippen molar-refractivity contribution in [2.24, 2.45) is 5.41 Å². The summed E-state index contributed by atoms with van der Waals surface area (Å²) >= 11 is 8.45. The van der Waals surface area contributed by atoms with Gasteiger partial charge in [0.25, 0.3) is 0 Å². The van der Waals surface area contributed by atoms with E-state index < -0.39 is 0 Å². The van der Waals surface area contributed by atoms with E-state index in [1.165, 1.54) is 0 Å². The van der Waals surface area contributed by atoms with Gasteiger partial charge in [0.05, 0.1) is 15.0 Å². The Morgan fingerprint density at radius 3 is 2.55 bits per heavy atom. The molecular weight excluding hydrogens is 385 g/mol. The average Bonchev–Trinajstić information content (AvgIpc) is 2.59. The summed E-state index contributed by atoms with van der Waals surface area (Å²) < 4.78 is 2.79. The molecule has 0 unspecified atom stereocenters. The minimum Gasteiger partial charge on any atom is -0.383 e. The summed E-state index contributed by atoms with van der Waals surface area (Å²) in [6, 6.07) is 5.87. The van der Waals surface area contributed by atoms with E-state index in [0.29, 0.717) is 5.82 Å². The lowest BCUT2D eigenvalue weighted by Crippen LogP contribution is -2.10. The van der Waals surface area contributed by atoms with Gasteiger partial charge in [0.15, 0.2) is 0 Å². The highest BCUT2D eigenvalue weighted by atomic mass is 127. The second-order valence-electron chi connectivity index (χ2n) is 6.23. The SMILES string of the molecule is Cc1ccc(-n2nc(CC(C)(C)C)c(I)c2N)cc1Cl. The first-order chi connectivity index (χ1) is 9.19. The third-order valence-corrected chi connectivity index (χ3v) is 4.61. The number of aromatic nitrogens is 2. The molecule has 1 heterocycles. The van der Waals surface area contributed by atoms with Crippen LogP contribution >= 0.6 is 34.2 Å². The molecule has 0 aliphatic heterocycles. The van der Waals surface area contributed by atoms with Crippen molar-refractivity contribution in [3.63, 3.8) is 0 Å². The van der Waals surface area contributed by atoms with Crippen molar-refractivity contribution in [2.45, 2.75) is 34.1 Å². The van der Waals surface area contributed by atoms with Crippen LogP contribution in [-0.4, -0.2) is 9.78 Å². The van der Waals surface area contributed by atoms with Crippen molar-refractivity contribution >= 4 is 40.0 Å². The summed E-state index contributed by atoms with van der Waals surface area (Å²) in [5.74, 6) is 0.671. The van der Waals surface area contributed by atoms with Crippen LogP contribution in [0.4, 0.5) is 5.82 Å². The number of nitrogen functional groups attached to an aromatic ring is 1. The molecule has 0 atom stereocenters. The van der Waals surface area contributed by atoms with Gasteiger partial charge in [0, 0.05) is 5.02 Å². The summed E-state index contributed by atoms with van der Waals surface area (Å²) in [5.41, 5.74) is 9.35. The summed E-state index contributed by atoms with van der Waals surface area (Å²) in [6.07, 6.45) is 0.891. The molecule has 3 nitrogen and oxygen atoms in total. The molecule has 1 aromatic heterocycles. The van der Waals surface area contributed by atoms with Gasteiger partial charge >= 0.3 is 0 Å². The van der Waals surface area contributed by atoms with Gasteiger partial charge in [-0.25, -0.2) is 4.68 Å². The molecule has 0 amide bonds. The molecule has 2 N–H and O–H groups in total. The fraction of sp³-hybridized carbons (Fsp3) is 0.400. The number of rotatable bonds is 2. The van der Waals surface area contributed by atoms with E-state index in [1.54, 1.807) is 4.68 Å². The number of nitrogens with two attached hydrogens (primary N) is 1. The van der Waals surface area contributed by atoms with Crippen LogP contribution in [0.1, 0.15) is 32.0 Å². The minimum absolute atomic E-state index is 0.177. The monoisotopic (exact) mass is 403 g/mol. The molecule has 0 aliphatic rings. The van der Waals surface area contributed by atoms with E-state index in [2.05, 4.69) is 48.5 Å². The van der Waals surface area contributed by atoms with E-state index in [4.69, 9.17) is 17.3 Å². The van der Waals surface area contributed by atoms with Crippen molar-refractivity contribution in [3.05, 3.63) is 38.0 Å². The van der Waals surface area contributed by atoms with Crippen molar-refractivity contribution in [1.82, 2.24) is 9.78 Å². The molecule has 0 saturated heterocycles. The summed E-state index contributed by atoms with van der Waals surface area (Å²) in [6.45, 7) is 8.57. The van der Waals surface area contributed by atoms with E-state index in [1.807, 2.05) is 25.1 Å². The average molecular weight is 404 g/mol. The van der Waals surface area contributed by atoms with Crippen molar-refractivity contribution in [2.75, 3.05) is 5.73 Å². The Balaban J connectivity index is 2.47. The number of hydrogen-bond acceptors (Lipinski definition) is 2. The molecule has 20 heavy (non-hydrogen) atoms. The molecule has 0 aliphatic carbocycles. The zero-order chi connectivity index (χ0) is 15.1. The van der Waals surface area contributed by atoms with Gasteiger partial charge in [0.2, 0.25) is 0 Å². The van der Waals surface area contributed by atoms with E-state index >= 15 is 0 Å². The molecule has 2 rings (SSSR count). The Kier molecular flexibility index (Phi) is 4.35. The number of anilines is 1. The third kappa shape index (κ3) is 3.28. The molecule has 0 saturated carbocycles. The Morgan fingerprint density at radius 1 is 1.35 bits per heavy atom. The van der Waals surface area contributed by atoms with E-state index in [0.717, 1.165) is 32.0 Å². The number of hydrogen-bond donors (Lipinski definition) is 1. The molecule has 0 fully saturated rings. The Hall–Kier alpha value is -0.750. The van der Waals surface area contributed by atoms with Gasteiger partial charge in [-0.2, -0.15) is 5.10 Å². The molecule has 1 aromatic carbocycles. The molecule has 2 aromatic rings. The Morgan fingerprint density at radius 2 is 2.00 bits per heavy atom. The molecular formula is C15H19ClIN3. The highest BCUT2D eigenvalue weighted by Crippen LogP contribution is 2.29. The predicted octanol–water partition coefficient (Wildman–Crippen LogP) is 4.61. The number of aryl methyl sites for hydroxylation is 1. The maximum Gasteiger partial charge on any atom is 0.141 e. The van der Waals surface area contributed by atoms with Gasteiger partial charge < -0.3 is 5.73 Å². The van der Waals surface area contributed by atoms with Crippen molar-refractivity contribution in [1.29, 1.82) is 0 Å². The van der Waals surface area contributed by atoms with Crippen LogP contribution in [0.3, 0.4) is 0 Å². The molecule has 0 radical (unpaired) electrons. The zero-order valence-corrected chi connectivity index (χ0v) is 15.1. The van der Waals surface area contributed by atoms with E-state index in [9.17, 15) is 0 Å². The van der Waals surface area contributed by atoms with Crippen LogP contribution in [0, 0.1) is 15.9 Å². The van der Waals surface area contributed by atoms with Crippen LogP contribution in [0.25, 0.3) is 5.69 Å². The minimum atomic E-state index is 0.177. The van der Waals surface area contributed by atoms with Crippen LogP contribution in [0.2, 0.25) is 5.02 Å². The highest BCUT2D eigenvalue weighted by molar-refractivity contribution is 14.1. The lowest BCUT2D eigenvalue weighted by Gasteiger charge is -2.16. The molecule has 0 spiro atoms. The first-order valence-corrected chi connectivity index (χ1v) is 7.94. The lowest BCUT2D eigenvalue weighted by molar-refractivity contribution is 0.404. The Bertz CT molecular complexity index is 641. The first-order valence-electron chi connectivity index (χ1n) is 6.48.